The summed E-state index contributed by atoms with van der Waals surface area (Å²) in [7, 11) is 3.37. The number of anilines is 2. The summed E-state index contributed by atoms with van der Waals surface area (Å²) in [5.41, 5.74) is 1.84. The van der Waals surface area contributed by atoms with Gasteiger partial charge < -0.3 is 19.9 Å². The van der Waals surface area contributed by atoms with Gasteiger partial charge in [-0.05, 0) is 50.1 Å². The van der Waals surface area contributed by atoms with Crippen molar-refractivity contribution in [1.82, 2.24) is 19.8 Å². The number of carbonyl (C=O) groups is 2. The van der Waals surface area contributed by atoms with Gasteiger partial charge in [0.2, 0.25) is 0 Å². The van der Waals surface area contributed by atoms with Crippen LogP contribution in [-0.4, -0.2) is 64.9 Å². The van der Waals surface area contributed by atoms with Gasteiger partial charge in [-0.15, -0.1) is 0 Å². The van der Waals surface area contributed by atoms with Gasteiger partial charge in [0.15, 0.2) is 6.10 Å². The molecule has 0 bridgehead atoms. The number of rotatable bonds is 6. The summed E-state index contributed by atoms with van der Waals surface area (Å²) < 4.78 is 5.99. The molecule has 4 rings (SSSR count). The van der Waals surface area contributed by atoms with Gasteiger partial charge in [0.25, 0.3) is 11.8 Å². The van der Waals surface area contributed by atoms with E-state index in [1.54, 1.807) is 39.2 Å². The van der Waals surface area contributed by atoms with E-state index in [4.69, 9.17) is 16.3 Å². The average Bonchev–Trinajstić information content (AvgIpc) is 3.13. The normalized spacial score (nSPS) is 14.8. The number of amides is 2. The minimum absolute atomic E-state index is 0.0360. The molecule has 1 atom stereocenters. The van der Waals surface area contributed by atoms with E-state index < -0.39 is 6.10 Å². The smallest absolute Gasteiger partial charge is 0.262 e. The second-order valence-corrected chi connectivity index (χ2v) is 9.30. The Bertz CT molecular complexity index is 1220. The first-order valence-corrected chi connectivity index (χ1v) is 12.2. The lowest BCUT2D eigenvalue weighted by molar-refractivity contribution is -0.135. The first kappa shape index (κ1) is 24.7. The Kier molecular flexibility index (Phi) is 7.70. The number of likely N-dealkylation sites (N-methyl/N-ethyl adjacent to an activating group) is 1. The number of halogens is 1. The topological polar surface area (TPSA) is 87.7 Å². The Morgan fingerprint density at radius 3 is 2.51 bits per heavy atom. The Labute approximate surface area is 210 Å². The van der Waals surface area contributed by atoms with Crippen LogP contribution < -0.4 is 10.1 Å². The summed E-state index contributed by atoms with van der Waals surface area (Å²) in [5.74, 6) is 0.820. The van der Waals surface area contributed by atoms with E-state index in [0.717, 1.165) is 38.8 Å². The summed E-state index contributed by atoms with van der Waals surface area (Å²) in [6.45, 7) is 3.23. The van der Waals surface area contributed by atoms with Crippen LogP contribution in [0.3, 0.4) is 0 Å². The zero-order valence-electron chi connectivity index (χ0n) is 20.3. The van der Waals surface area contributed by atoms with Crippen LogP contribution in [0.5, 0.6) is 5.75 Å². The summed E-state index contributed by atoms with van der Waals surface area (Å²) in [5, 5.41) is 4.30. The third-order valence-electron chi connectivity index (χ3n) is 6.07. The van der Waals surface area contributed by atoms with Crippen molar-refractivity contribution in [2.24, 2.45) is 0 Å². The van der Waals surface area contributed by atoms with E-state index in [1.165, 1.54) is 11.2 Å². The van der Waals surface area contributed by atoms with E-state index in [2.05, 4.69) is 15.3 Å². The van der Waals surface area contributed by atoms with Crippen molar-refractivity contribution in [3.8, 4) is 5.75 Å². The van der Waals surface area contributed by atoms with Crippen molar-refractivity contribution in [3.63, 3.8) is 0 Å². The summed E-state index contributed by atoms with van der Waals surface area (Å²) in [4.78, 5) is 37.5. The van der Waals surface area contributed by atoms with E-state index in [0.29, 0.717) is 38.7 Å². The Morgan fingerprint density at radius 2 is 1.83 bits per heavy atom. The molecule has 1 aromatic heterocycles. The van der Waals surface area contributed by atoms with E-state index in [9.17, 15) is 9.59 Å². The van der Waals surface area contributed by atoms with Crippen molar-refractivity contribution < 1.29 is 14.3 Å². The minimum Gasteiger partial charge on any atom is -0.480 e. The van der Waals surface area contributed by atoms with Crippen LogP contribution in [0, 0.1) is 0 Å². The first-order chi connectivity index (χ1) is 16.8. The monoisotopic (exact) mass is 495 g/mol. The lowest BCUT2D eigenvalue weighted by Crippen LogP contribution is -2.35. The number of ether oxygens (including phenoxy) is 1. The summed E-state index contributed by atoms with van der Waals surface area (Å²) in [6.07, 6.45) is 5.13. The summed E-state index contributed by atoms with van der Waals surface area (Å²) >= 11 is 6.55. The second-order valence-electron chi connectivity index (χ2n) is 8.89. The molecule has 1 saturated heterocycles. The van der Waals surface area contributed by atoms with Gasteiger partial charge in [0, 0.05) is 32.9 Å². The molecule has 1 aliphatic heterocycles. The van der Waals surface area contributed by atoms with Crippen LogP contribution in [0.4, 0.5) is 11.5 Å². The number of carbonyl (C=O) groups excluding carboxylic acids is 2. The quantitative estimate of drug-likeness (QED) is 0.523. The molecule has 184 valence electrons. The molecule has 9 heteroatoms. The predicted molar refractivity (Wildman–Crippen MR) is 137 cm³/mol. The molecule has 0 radical (unpaired) electrons. The Morgan fingerprint density at radius 1 is 1.09 bits per heavy atom. The van der Waals surface area contributed by atoms with Gasteiger partial charge in [-0.2, -0.15) is 0 Å². The summed E-state index contributed by atoms with van der Waals surface area (Å²) in [6, 6.07) is 10.7. The van der Waals surface area contributed by atoms with Gasteiger partial charge >= 0.3 is 0 Å². The van der Waals surface area contributed by atoms with Crippen LogP contribution in [0.1, 0.15) is 43.0 Å². The second kappa shape index (κ2) is 10.9. The van der Waals surface area contributed by atoms with E-state index in [-0.39, 0.29) is 11.8 Å². The molecule has 35 heavy (non-hydrogen) atoms. The third-order valence-corrected chi connectivity index (χ3v) is 6.39. The van der Waals surface area contributed by atoms with Crippen molar-refractivity contribution in [1.29, 1.82) is 0 Å². The Hall–Kier alpha value is -3.39. The van der Waals surface area contributed by atoms with Crippen LogP contribution in [-0.2, 0) is 4.79 Å². The maximum atomic E-state index is 13.0. The number of benzene rings is 2. The highest BCUT2D eigenvalue weighted by atomic mass is 35.5. The van der Waals surface area contributed by atoms with Gasteiger partial charge in [-0.1, -0.05) is 30.5 Å². The number of aromatic nitrogens is 2. The molecule has 2 aromatic carbocycles. The van der Waals surface area contributed by atoms with E-state index >= 15 is 0 Å². The molecule has 1 fully saturated rings. The highest BCUT2D eigenvalue weighted by Crippen LogP contribution is 2.33. The molecule has 2 heterocycles. The fourth-order valence-corrected chi connectivity index (χ4v) is 4.48. The standard InChI is InChI=1S/C26H30ClN5O3/c1-17(25(33)31(2)3)35-22-10-8-9-21-23(22)24(29-16-28-21)30-18-11-12-19(20(27)15-18)26(34)32-13-6-4-5-7-14-32/h8-12,15-17H,4-7,13-14H2,1-3H3,(H,28,29,30)/t17-/m1/s1. The highest BCUT2D eigenvalue weighted by molar-refractivity contribution is 6.34. The number of fused-ring (bicyclic) bond motifs is 1. The first-order valence-electron chi connectivity index (χ1n) is 11.8. The molecule has 1 aliphatic rings. The number of hydrogen-bond acceptors (Lipinski definition) is 6. The molecule has 8 nitrogen and oxygen atoms in total. The molecule has 0 aliphatic carbocycles. The molecule has 1 N–H and O–H groups in total. The van der Waals surface area contributed by atoms with Crippen molar-refractivity contribution in [2.75, 3.05) is 32.5 Å². The largest absolute Gasteiger partial charge is 0.480 e. The number of likely N-dealkylation sites (tertiary alicyclic amines) is 1. The van der Waals surface area contributed by atoms with Gasteiger partial charge in [0.05, 0.1) is 21.5 Å². The molecule has 0 spiro atoms. The molecular weight excluding hydrogens is 466 g/mol. The van der Waals surface area contributed by atoms with Crippen molar-refractivity contribution >= 4 is 45.8 Å². The maximum Gasteiger partial charge on any atom is 0.262 e. The Balaban J connectivity index is 1.60. The van der Waals surface area contributed by atoms with Crippen LogP contribution >= 0.6 is 11.6 Å². The van der Waals surface area contributed by atoms with Gasteiger partial charge in [-0.25, -0.2) is 9.97 Å². The molecule has 3 aromatic rings. The van der Waals surface area contributed by atoms with Gasteiger partial charge in [-0.3, -0.25) is 9.59 Å². The van der Waals surface area contributed by atoms with E-state index in [1.807, 2.05) is 23.1 Å². The molecule has 0 unspecified atom stereocenters. The number of hydrogen-bond donors (Lipinski definition) is 1. The van der Waals surface area contributed by atoms with Crippen molar-refractivity contribution in [3.05, 3.63) is 53.3 Å². The SMILES string of the molecule is C[C@@H](Oc1cccc2ncnc(Nc3ccc(C(=O)N4CCCCCC4)c(Cl)c3)c12)C(=O)N(C)C. The lowest BCUT2D eigenvalue weighted by Gasteiger charge is -2.21. The maximum absolute atomic E-state index is 13.0. The fourth-order valence-electron chi connectivity index (χ4n) is 4.22. The van der Waals surface area contributed by atoms with Crippen LogP contribution in [0.25, 0.3) is 10.9 Å². The molecule has 2 amide bonds. The highest BCUT2D eigenvalue weighted by Gasteiger charge is 2.21. The minimum atomic E-state index is -0.678. The zero-order valence-corrected chi connectivity index (χ0v) is 21.0. The van der Waals surface area contributed by atoms with Crippen molar-refractivity contribution in [2.45, 2.75) is 38.7 Å². The molecular formula is C26H30ClN5O3. The third kappa shape index (κ3) is 5.65. The molecule has 0 saturated carbocycles. The average molecular weight is 496 g/mol. The number of nitrogens with one attached hydrogen (secondary N) is 1. The lowest BCUT2D eigenvalue weighted by atomic mass is 10.1. The van der Waals surface area contributed by atoms with Crippen LogP contribution in [0.2, 0.25) is 5.02 Å². The fraction of sp³-hybridized carbons (Fsp3) is 0.385. The zero-order chi connectivity index (χ0) is 24.9. The van der Waals surface area contributed by atoms with Gasteiger partial charge in [0.1, 0.15) is 17.9 Å². The number of nitrogens with zero attached hydrogens (tertiary/aromatic N) is 4. The van der Waals surface area contributed by atoms with Crippen LogP contribution in [0.15, 0.2) is 42.7 Å². The predicted octanol–water partition coefficient (Wildman–Crippen LogP) is 4.90.